The Balaban J connectivity index is -0.0000000133. The molecule has 3 N–H and O–H groups in total. The zero-order chi connectivity index (χ0) is 4.50. The fourth-order valence-corrected chi connectivity index (χ4v) is 0. The Morgan fingerprint density at radius 1 is 1.50 bits per heavy atom. The summed E-state index contributed by atoms with van der Waals surface area (Å²) in [6.07, 6.45) is 0. The molecule has 0 aromatic rings. The number of rotatable bonds is 0. The van der Waals surface area contributed by atoms with Gasteiger partial charge in [-0.05, 0) is 0 Å². The van der Waals surface area contributed by atoms with Gasteiger partial charge in [-0.3, -0.25) is 0 Å². The molecule has 0 aromatic heterocycles. The first-order valence-corrected chi connectivity index (χ1v) is 2.35. The summed E-state index contributed by atoms with van der Waals surface area (Å²) < 4.78 is 8.88. The van der Waals surface area contributed by atoms with Crippen molar-refractivity contribution in [3.63, 3.8) is 0 Å². The Labute approximate surface area is 81.7 Å². The molecule has 6 heavy (non-hydrogen) atoms. The Hall–Kier alpha value is 1.75. The van der Waals surface area contributed by atoms with Crippen LogP contribution in [-0.4, -0.2) is 14.7 Å². The van der Waals surface area contributed by atoms with E-state index >= 15 is 0 Å². The Kier molecular flexibility index (Phi) is 6.61. The number of phosphoric acid groups is 1. The summed E-state index contributed by atoms with van der Waals surface area (Å²) in [5, 5.41) is 0. The molecule has 38 valence electrons. The summed E-state index contributed by atoms with van der Waals surface area (Å²) in [7, 11) is -4.64. The van der Waals surface area contributed by atoms with Crippen LogP contribution in [0, 0.1) is 0 Å². The van der Waals surface area contributed by atoms with Crippen molar-refractivity contribution in [2.45, 2.75) is 0 Å². The van der Waals surface area contributed by atoms with Crippen LogP contribution in [0.2, 0.25) is 0 Å². The molecule has 0 radical (unpaired) electrons. The van der Waals surface area contributed by atoms with Crippen LogP contribution in [0.25, 0.3) is 0 Å². The van der Waals surface area contributed by atoms with Crippen LogP contribution in [-0.2, 0) is 4.57 Å². The van der Waals surface area contributed by atoms with E-state index in [2.05, 4.69) is 0 Å². The van der Waals surface area contributed by atoms with E-state index in [-0.39, 0.29) is 55.7 Å². The second kappa shape index (κ2) is 3.71. The molecular formula is H8KO4P. The molecule has 0 aliphatic rings. The van der Waals surface area contributed by atoms with Gasteiger partial charge >= 0.3 is 59.2 Å². The van der Waals surface area contributed by atoms with Crippen LogP contribution >= 0.6 is 7.82 Å². The zero-order valence-corrected chi connectivity index (χ0v) is 7.21. The Morgan fingerprint density at radius 2 is 1.50 bits per heavy atom. The largest absolute Gasteiger partial charge is 1.00 e. The maximum Gasteiger partial charge on any atom is 1.00 e. The Bertz CT molecular complexity index is 61.9. The van der Waals surface area contributed by atoms with E-state index in [1.165, 1.54) is 0 Å². The fourth-order valence-electron chi connectivity index (χ4n) is 0. The van der Waals surface area contributed by atoms with E-state index in [4.69, 9.17) is 19.2 Å². The predicted octanol–water partition coefficient (Wildman–Crippen LogP) is -3.32. The van der Waals surface area contributed by atoms with Crippen molar-refractivity contribution in [2.75, 3.05) is 0 Å². The normalized spacial score (nSPS) is 9.83. The first-order valence-electron chi connectivity index (χ1n) is 0.783. The maximum atomic E-state index is 8.88. The molecule has 4 nitrogen and oxygen atoms in total. The predicted molar refractivity (Wildman–Crippen MR) is 19.6 cm³/mol. The minimum absolute atomic E-state index is 0. The molecule has 0 heterocycles. The van der Waals surface area contributed by atoms with E-state index in [1.807, 2.05) is 0 Å². The molecule has 0 fully saturated rings. The number of hydrogen-bond donors (Lipinski definition) is 3. The van der Waals surface area contributed by atoms with E-state index in [0.717, 1.165) is 0 Å². The van der Waals surface area contributed by atoms with Crippen molar-refractivity contribution >= 4 is 7.82 Å². The van der Waals surface area contributed by atoms with Gasteiger partial charge in [-0.25, -0.2) is 4.57 Å². The molecule has 0 aliphatic heterocycles. The van der Waals surface area contributed by atoms with Crippen molar-refractivity contribution in [2.24, 2.45) is 0 Å². The van der Waals surface area contributed by atoms with Gasteiger partial charge in [0.2, 0.25) is 0 Å². The van der Waals surface area contributed by atoms with Gasteiger partial charge in [0, 0.05) is 2.85 Å². The zero-order valence-electron chi connectivity index (χ0n) is 4.20. The second-order valence-corrected chi connectivity index (χ2v) is 1.54. The van der Waals surface area contributed by atoms with Crippen LogP contribution < -0.4 is 51.4 Å². The average Bonchev–Trinajstić information content (AvgIpc) is 0.722. The topological polar surface area (TPSA) is 77.8 Å². The quantitative estimate of drug-likeness (QED) is 0.244. The molecule has 0 bridgehead atoms. The van der Waals surface area contributed by atoms with E-state index in [9.17, 15) is 0 Å². The van der Waals surface area contributed by atoms with E-state index in [1.54, 1.807) is 0 Å². The molecule has 0 spiro atoms. The monoisotopic (exact) mass is 142 g/mol. The van der Waals surface area contributed by atoms with Gasteiger partial charge in [0.15, 0.2) is 0 Å². The minimum atomic E-state index is -4.64. The Morgan fingerprint density at radius 3 is 1.50 bits per heavy atom. The summed E-state index contributed by atoms with van der Waals surface area (Å²) >= 11 is 0. The first-order chi connectivity index (χ1) is 2.00. The summed E-state index contributed by atoms with van der Waals surface area (Å²) in [5.41, 5.74) is 0. The molecule has 0 amide bonds. The SMILES string of the molecule is O=P(O)(O)O.[H-].[HH].[HH].[K+]. The average molecular weight is 142 g/mol. The molecule has 0 saturated heterocycles. The summed E-state index contributed by atoms with van der Waals surface area (Å²) in [5.74, 6) is 0. The molecule has 0 aromatic carbocycles. The summed E-state index contributed by atoms with van der Waals surface area (Å²) in [6, 6.07) is 0. The van der Waals surface area contributed by atoms with Gasteiger partial charge < -0.3 is 16.1 Å². The maximum absolute atomic E-state index is 8.88. The first kappa shape index (κ1) is 10.7. The molecule has 0 unspecified atom stereocenters. The van der Waals surface area contributed by atoms with Crippen molar-refractivity contribution in [3.8, 4) is 0 Å². The van der Waals surface area contributed by atoms with Crippen molar-refractivity contribution < 1.29 is 74.9 Å². The van der Waals surface area contributed by atoms with Crippen molar-refractivity contribution in [3.05, 3.63) is 0 Å². The third-order valence-electron chi connectivity index (χ3n) is 0. The molecule has 6 heteroatoms. The van der Waals surface area contributed by atoms with Crippen LogP contribution in [0.1, 0.15) is 4.28 Å². The van der Waals surface area contributed by atoms with Crippen molar-refractivity contribution in [1.29, 1.82) is 0 Å². The van der Waals surface area contributed by atoms with Crippen LogP contribution in [0.15, 0.2) is 0 Å². The summed E-state index contributed by atoms with van der Waals surface area (Å²) in [6.45, 7) is 0. The molecule has 0 saturated carbocycles. The van der Waals surface area contributed by atoms with Gasteiger partial charge in [-0.15, -0.1) is 0 Å². The molecule has 0 rings (SSSR count). The van der Waals surface area contributed by atoms with Gasteiger partial charge in [0.05, 0.1) is 0 Å². The third kappa shape index (κ3) is 42.4. The minimum Gasteiger partial charge on any atom is -1.00 e. The molecular weight excluding hydrogens is 134 g/mol. The molecule has 0 aliphatic carbocycles. The van der Waals surface area contributed by atoms with Gasteiger partial charge in [-0.1, -0.05) is 0 Å². The van der Waals surface area contributed by atoms with Crippen LogP contribution in [0.3, 0.4) is 0 Å². The fraction of sp³-hybridized carbons (Fsp3) is 0. The van der Waals surface area contributed by atoms with Crippen LogP contribution in [0.4, 0.5) is 0 Å². The second-order valence-electron chi connectivity index (χ2n) is 0.513. The van der Waals surface area contributed by atoms with Gasteiger partial charge in [0.1, 0.15) is 0 Å². The standard InChI is InChI=1S/K.H3O4P.2H2.H/c;1-5(2,3)4;;;/h;(H3,1,2,3,4);2*1H;/q+1;;;;-1. The van der Waals surface area contributed by atoms with E-state index in [0.29, 0.717) is 0 Å². The smallest absolute Gasteiger partial charge is 1.00 e. The van der Waals surface area contributed by atoms with E-state index < -0.39 is 7.82 Å². The number of hydrogen-bond acceptors (Lipinski definition) is 1. The van der Waals surface area contributed by atoms with Crippen molar-refractivity contribution in [1.82, 2.24) is 0 Å². The van der Waals surface area contributed by atoms with Gasteiger partial charge in [0.25, 0.3) is 0 Å². The summed E-state index contributed by atoms with van der Waals surface area (Å²) in [4.78, 5) is 21.6. The van der Waals surface area contributed by atoms with Crippen LogP contribution in [0.5, 0.6) is 0 Å². The molecule has 0 atom stereocenters. The van der Waals surface area contributed by atoms with Gasteiger partial charge in [-0.2, -0.15) is 0 Å². The third-order valence-corrected chi connectivity index (χ3v) is 0.